The number of anilines is 1. The summed E-state index contributed by atoms with van der Waals surface area (Å²) in [6.07, 6.45) is 0.185. The summed E-state index contributed by atoms with van der Waals surface area (Å²) in [4.78, 5) is 12.0. The standard InChI is InChI=1S/C18H16N2O2/c1-13-7-9-14(10-8-13)17-11-16(20-22-17)12-18(21)19-15-5-3-2-4-6-15/h2-11H,12H2,1H3,(H,19,21). The van der Waals surface area contributed by atoms with E-state index in [1.165, 1.54) is 5.56 Å². The summed E-state index contributed by atoms with van der Waals surface area (Å²) in [5, 5.41) is 6.79. The normalized spacial score (nSPS) is 10.4. The van der Waals surface area contributed by atoms with Crippen molar-refractivity contribution in [1.29, 1.82) is 0 Å². The predicted molar refractivity (Wildman–Crippen MR) is 85.5 cm³/mol. The molecule has 0 radical (unpaired) electrons. The van der Waals surface area contributed by atoms with Crippen LogP contribution in [0.4, 0.5) is 5.69 Å². The van der Waals surface area contributed by atoms with E-state index in [2.05, 4.69) is 10.5 Å². The molecule has 0 saturated carbocycles. The van der Waals surface area contributed by atoms with Crippen LogP contribution in [0, 0.1) is 6.92 Å². The van der Waals surface area contributed by atoms with Gasteiger partial charge in [0.15, 0.2) is 5.76 Å². The first-order chi connectivity index (χ1) is 10.7. The molecule has 0 bridgehead atoms. The minimum atomic E-state index is -0.116. The molecular formula is C18H16N2O2. The van der Waals surface area contributed by atoms with Gasteiger partial charge in [-0.1, -0.05) is 53.2 Å². The lowest BCUT2D eigenvalue weighted by molar-refractivity contribution is -0.115. The van der Waals surface area contributed by atoms with Crippen LogP contribution in [-0.2, 0) is 11.2 Å². The fraction of sp³-hybridized carbons (Fsp3) is 0.111. The highest BCUT2D eigenvalue weighted by Gasteiger charge is 2.10. The van der Waals surface area contributed by atoms with Crippen LogP contribution in [0.2, 0.25) is 0 Å². The maximum Gasteiger partial charge on any atom is 0.230 e. The monoisotopic (exact) mass is 292 g/mol. The molecule has 2 aromatic carbocycles. The van der Waals surface area contributed by atoms with Crippen LogP contribution < -0.4 is 5.32 Å². The van der Waals surface area contributed by atoms with Gasteiger partial charge in [0.25, 0.3) is 0 Å². The minimum absolute atomic E-state index is 0.116. The molecule has 110 valence electrons. The molecule has 0 atom stereocenters. The number of aromatic nitrogens is 1. The molecule has 3 aromatic rings. The van der Waals surface area contributed by atoms with E-state index in [-0.39, 0.29) is 12.3 Å². The van der Waals surface area contributed by atoms with E-state index in [4.69, 9.17) is 4.52 Å². The fourth-order valence-electron chi connectivity index (χ4n) is 2.14. The largest absolute Gasteiger partial charge is 0.356 e. The number of nitrogens with one attached hydrogen (secondary N) is 1. The number of para-hydroxylation sites is 1. The van der Waals surface area contributed by atoms with Gasteiger partial charge >= 0.3 is 0 Å². The number of hydrogen-bond donors (Lipinski definition) is 1. The summed E-state index contributed by atoms with van der Waals surface area (Å²) in [7, 11) is 0. The van der Waals surface area contributed by atoms with Crippen molar-refractivity contribution in [2.45, 2.75) is 13.3 Å². The molecule has 1 amide bonds. The molecule has 0 fully saturated rings. The molecule has 0 aliphatic rings. The van der Waals surface area contributed by atoms with E-state index in [0.717, 1.165) is 11.3 Å². The van der Waals surface area contributed by atoms with Gasteiger partial charge in [0.2, 0.25) is 5.91 Å². The molecular weight excluding hydrogens is 276 g/mol. The van der Waals surface area contributed by atoms with Gasteiger partial charge in [-0.25, -0.2) is 0 Å². The van der Waals surface area contributed by atoms with E-state index in [1.54, 1.807) is 6.07 Å². The van der Waals surface area contributed by atoms with Crippen molar-refractivity contribution in [2.75, 3.05) is 5.32 Å². The molecule has 4 heteroatoms. The molecule has 22 heavy (non-hydrogen) atoms. The van der Waals surface area contributed by atoms with Gasteiger partial charge in [0.1, 0.15) is 0 Å². The zero-order chi connectivity index (χ0) is 15.4. The first-order valence-corrected chi connectivity index (χ1v) is 7.08. The lowest BCUT2D eigenvalue weighted by Gasteiger charge is -2.02. The Morgan fingerprint density at radius 1 is 1.09 bits per heavy atom. The van der Waals surface area contributed by atoms with Gasteiger partial charge in [-0.15, -0.1) is 0 Å². The summed E-state index contributed by atoms with van der Waals surface area (Å²) in [5.41, 5.74) is 3.53. The number of hydrogen-bond acceptors (Lipinski definition) is 3. The third kappa shape index (κ3) is 3.41. The first-order valence-electron chi connectivity index (χ1n) is 7.08. The third-order valence-corrected chi connectivity index (χ3v) is 3.29. The van der Waals surface area contributed by atoms with Crippen molar-refractivity contribution in [1.82, 2.24) is 5.16 Å². The average Bonchev–Trinajstić information content (AvgIpc) is 2.97. The van der Waals surface area contributed by atoms with Crippen molar-refractivity contribution in [3.63, 3.8) is 0 Å². The second-order valence-corrected chi connectivity index (χ2v) is 5.14. The summed E-state index contributed by atoms with van der Waals surface area (Å²) >= 11 is 0. The Hall–Kier alpha value is -2.88. The van der Waals surface area contributed by atoms with Crippen LogP contribution in [0.5, 0.6) is 0 Å². The van der Waals surface area contributed by atoms with Gasteiger partial charge in [0, 0.05) is 17.3 Å². The van der Waals surface area contributed by atoms with Crippen LogP contribution in [0.25, 0.3) is 11.3 Å². The molecule has 3 rings (SSSR count). The SMILES string of the molecule is Cc1ccc(-c2cc(CC(=O)Nc3ccccc3)no2)cc1. The van der Waals surface area contributed by atoms with E-state index in [0.29, 0.717) is 11.5 Å². The smallest absolute Gasteiger partial charge is 0.230 e. The highest BCUT2D eigenvalue weighted by molar-refractivity contribution is 5.92. The molecule has 4 nitrogen and oxygen atoms in total. The molecule has 1 N–H and O–H groups in total. The maximum atomic E-state index is 12.0. The van der Waals surface area contributed by atoms with Gasteiger partial charge in [-0.2, -0.15) is 0 Å². The topological polar surface area (TPSA) is 55.1 Å². The molecule has 1 aromatic heterocycles. The van der Waals surface area contributed by atoms with Crippen LogP contribution in [0.15, 0.2) is 65.2 Å². The van der Waals surface area contributed by atoms with Gasteiger partial charge in [0.05, 0.1) is 12.1 Å². The molecule has 0 aliphatic heterocycles. The number of rotatable bonds is 4. The quantitative estimate of drug-likeness (QED) is 0.795. The van der Waals surface area contributed by atoms with Crippen molar-refractivity contribution < 1.29 is 9.32 Å². The van der Waals surface area contributed by atoms with Crippen LogP contribution in [-0.4, -0.2) is 11.1 Å². The zero-order valence-electron chi connectivity index (χ0n) is 12.2. The van der Waals surface area contributed by atoms with E-state index < -0.39 is 0 Å². The average molecular weight is 292 g/mol. The summed E-state index contributed by atoms with van der Waals surface area (Å²) in [5.74, 6) is 0.553. The zero-order valence-corrected chi connectivity index (χ0v) is 12.2. The van der Waals surface area contributed by atoms with Crippen molar-refractivity contribution in [2.24, 2.45) is 0 Å². The summed E-state index contributed by atoms with van der Waals surface area (Å²) in [6.45, 7) is 2.03. The van der Waals surface area contributed by atoms with Crippen LogP contribution in [0.3, 0.4) is 0 Å². The molecule has 0 unspecified atom stereocenters. The van der Waals surface area contributed by atoms with Crippen molar-refractivity contribution in [3.05, 3.63) is 71.9 Å². The Morgan fingerprint density at radius 3 is 2.55 bits per heavy atom. The molecule has 0 spiro atoms. The Kier molecular flexibility index (Phi) is 4.01. The highest BCUT2D eigenvalue weighted by Crippen LogP contribution is 2.21. The summed E-state index contributed by atoms with van der Waals surface area (Å²) in [6, 6.07) is 19.1. The Morgan fingerprint density at radius 2 is 1.82 bits per heavy atom. The van der Waals surface area contributed by atoms with Gasteiger partial charge < -0.3 is 9.84 Å². The second-order valence-electron chi connectivity index (χ2n) is 5.14. The van der Waals surface area contributed by atoms with Gasteiger partial charge in [-0.3, -0.25) is 4.79 Å². The third-order valence-electron chi connectivity index (χ3n) is 3.29. The van der Waals surface area contributed by atoms with E-state index in [1.807, 2.05) is 61.5 Å². The molecule has 0 aliphatic carbocycles. The van der Waals surface area contributed by atoms with E-state index >= 15 is 0 Å². The lowest BCUT2D eigenvalue weighted by atomic mass is 10.1. The molecule has 0 saturated heterocycles. The van der Waals surface area contributed by atoms with Crippen molar-refractivity contribution >= 4 is 11.6 Å². The maximum absolute atomic E-state index is 12.0. The van der Waals surface area contributed by atoms with Gasteiger partial charge in [-0.05, 0) is 19.1 Å². The number of benzene rings is 2. The van der Waals surface area contributed by atoms with Crippen molar-refractivity contribution in [3.8, 4) is 11.3 Å². The number of amides is 1. The number of carbonyl (C=O) groups is 1. The lowest BCUT2D eigenvalue weighted by Crippen LogP contribution is -2.14. The number of carbonyl (C=O) groups excluding carboxylic acids is 1. The fourth-order valence-corrected chi connectivity index (χ4v) is 2.14. The van der Waals surface area contributed by atoms with Crippen LogP contribution >= 0.6 is 0 Å². The summed E-state index contributed by atoms with van der Waals surface area (Å²) < 4.78 is 5.31. The Labute approximate surface area is 128 Å². The first kappa shape index (κ1) is 14.1. The predicted octanol–water partition coefficient (Wildman–Crippen LogP) is 3.83. The minimum Gasteiger partial charge on any atom is -0.356 e. The highest BCUT2D eigenvalue weighted by atomic mass is 16.5. The van der Waals surface area contributed by atoms with E-state index in [9.17, 15) is 4.79 Å². The van der Waals surface area contributed by atoms with Crippen LogP contribution in [0.1, 0.15) is 11.3 Å². The molecule has 1 heterocycles. The number of aryl methyl sites for hydroxylation is 1. The number of nitrogens with zero attached hydrogens (tertiary/aromatic N) is 1. The Bertz CT molecular complexity index is 761. The second kappa shape index (κ2) is 6.26. The Balaban J connectivity index is 1.66.